The number of halogens is 4. The van der Waals surface area contributed by atoms with Crippen molar-refractivity contribution in [2.24, 2.45) is 0 Å². The summed E-state index contributed by atoms with van der Waals surface area (Å²) >= 11 is 0. The smallest absolute Gasteiger partial charge is 0.404 e. The third kappa shape index (κ3) is 4.48. The van der Waals surface area contributed by atoms with Crippen molar-refractivity contribution in [3.05, 3.63) is 24.3 Å². The predicted octanol–water partition coefficient (Wildman–Crippen LogP) is 1.99. The summed E-state index contributed by atoms with van der Waals surface area (Å²) in [5.41, 5.74) is 0. The molecule has 1 fully saturated rings. The van der Waals surface area contributed by atoms with E-state index in [2.05, 4.69) is 10.1 Å². The predicted molar refractivity (Wildman–Crippen MR) is 76.6 cm³/mol. The number of alkyl halides is 3. The maximum Gasteiger partial charge on any atom is 0.573 e. The van der Waals surface area contributed by atoms with E-state index in [1.807, 2.05) is 0 Å². The molecule has 126 valence electrons. The van der Waals surface area contributed by atoms with Gasteiger partial charge in [-0.05, 0) is 19.1 Å². The van der Waals surface area contributed by atoms with Gasteiger partial charge in [-0.15, -0.1) is 25.6 Å². The lowest BCUT2D eigenvalue weighted by Crippen LogP contribution is -2.51. The summed E-state index contributed by atoms with van der Waals surface area (Å²) in [6, 6.07) is 4.70. The minimum Gasteiger partial charge on any atom is -0.404 e. The zero-order chi connectivity index (χ0) is 15.7. The van der Waals surface area contributed by atoms with Gasteiger partial charge in [0.1, 0.15) is 10.6 Å². The van der Waals surface area contributed by atoms with Crippen molar-refractivity contribution in [3.63, 3.8) is 0 Å². The average molecular weight is 361 g/mol. The summed E-state index contributed by atoms with van der Waals surface area (Å²) in [6.07, 6.45) is -4.94. The number of nitrogens with zero attached hydrogens (tertiary/aromatic N) is 1. The normalized spacial score (nSPS) is 20.3. The third-order valence-corrected chi connectivity index (χ3v) is 4.93. The van der Waals surface area contributed by atoms with Gasteiger partial charge in [-0.3, -0.25) is 0 Å². The van der Waals surface area contributed by atoms with Crippen molar-refractivity contribution in [3.8, 4) is 5.75 Å². The highest BCUT2D eigenvalue weighted by molar-refractivity contribution is 7.89. The second-order valence-electron chi connectivity index (χ2n) is 4.71. The van der Waals surface area contributed by atoms with E-state index in [9.17, 15) is 21.6 Å². The fraction of sp³-hybridized carbons (Fsp3) is 0.500. The van der Waals surface area contributed by atoms with Crippen molar-refractivity contribution in [2.75, 3.05) is 19.6 Å². The SMILES string of the molecule is C[C@H]1CN(S(=O)(=O)c2ccccc2OC(F)(F)F)CCN1.Cl. The fourth-order valence-corrected chi connectivity index (χ4v) is 3.77. The molecule has 22 heavy (non-hydrogen) atoms. The lowest BCUT2D eigenvalue weighted by atomic mass is 10.3. The maximum atomic E-state index is 12.5. The molecule has 1 aromatic rings. The van der Waals surface area contributed by atoms with Crippen LogP contribution >= 0.6 is 12.4 Å². The Morgan fingerprint density at radius 3 is 2.55 bits per heavy atom. The number of rotatable bonds is 3. The second-order valence-corrected chi connectivity index (χ2v) is 6.62. The van der Waals surface area contributed by atoms with Crippen LogP contribution in [0.3, 0.4) is 0 Å². The average Bonchev–Trinajstić information content (AvgIpc) is 2.37. The third-order valence-electron chi connectivity index (χ3n) is 3.02. The number of nitrogens with one attached hydrogen (secondary N) is 1. The Morgan fingerprint density at radius 2 is 1.95 bits per heavy atom. The van der Waals surface area contributed by atoms with E-state index in [1.165, 1.54) is 12.1 Å². The van der Waals surface area contributed by atoms with E-state index < -0.39 is 27.0 Å². The van der Waals surface area contributed by atoms with Crippen LogP contribution in [0.1, 0.15) is 6.92 Å². The highest BCUT2D eigenvalue weighted by Crippen LogP contribution is 2.31. The maximum absolute atomic E-state index is 12.5. The molecular weight excluding hydrogens is 345 g/mol. The second kappa shape index (κ2) is 7.03. The van der Waals surface area contributed by atoms with Crippen LogP contribution in [0.2, 0.25) is 0 Å². The van der Waals surface area contributed by atoms with E-state index >= 15 is 0 Å². The molecule has 0 bridgehead atoms. The molecular formula is C12H16ClF3N2O3S. The summed E-state index contributed by atoms with van der Waals surface area (Å²) < 4.78 is 67.1. The molecule has 10 heteroatoms. The Balaban J connectivity index is 0.00000242. The van der Waals surface area contributed by atoms with E-state index in [0.29, 0.717) is 6.54 Å². The van der Waals surface area contributed by atoms with Crippen molar-refractivity contribution in [1.29, 1.82) is 0 Å². The molecule has 0 aromatic heterocycles. The number of hydrogen-bond acceptors (Lipinski definition) is 4. The van der Waals surface area contributed by atoms with Crippen LogP contribution in [0.25, 0.3) is 0 Å². The molecule has 0 radical (unpaired) electrons. The van der Waals surface area contributed by atoms with Gasteiger partial charge in [-0.25, -0.2) is 8.42 Å². The summed E-state index contributed by atoms with van der Waals surface area (Å²) in [6.45, 7) is 2.65. The number of piperazine rings is 1. The van der Waals surface area contributed by atoms with Crippen molar-refractivity contribution < 1.29 is 26.3 Å². The van der Waals surface area contributed by atoms with E-state index in [-0.39, 0.29) is 31.5 Å². The van der Waals surface area contributed by atoms with Crippen molar-refractivity contribution in [1.82, 2.24) is 9.62 Å². The van der Waals surface area contributed by atoms with Crippen LogP contribution in [0.15, 0.2) is 29.2 Å². The van der Waals surface area contributed by atoms with Crippen molar-refractivity contribution >= 4 is 22.4 Å². The Morgan fingerprint density at radius 1 is 1.32 bits per heavy atom. The quantitative estimate of drug-likeness (QED) is 0.895. The van der Waals surface area contributed by atoms with Crippen LogP contribution in [-0.2, 0) is 10.0 Å². The van der Waals surface area contributed by atoms with Gasteiger partial charge in [-0.2, -0.15) is 4.31 Å². The van der Waals surface area contributed by atoms with Crippen LogP contribution in [0, 0.1) is 0 Å². The Hall–Kier alpha value is -1.03. The molecule has 1 heterocycles. The van der Waals surface area contributed by atoms with Gasteiger partial charge < -0.3 is 10.1 Å². The minimum atomic E-state index is -4.94. The molecule has 0 aliphatic carbocycles. The number of ether oxygens (including phenoxy) is 1. The van der Waals surface area contributed by atoms with Crippen LogP contribution in [0.4, 0.5) is 13.2 Å². The zero-order valence-corrected chi connectivity index (χ0v) is 13.3. The van der Waals surface area contributed by atoms with Gasteiger partial charge in [0.15, 0.2) is 0 Å². The highest BCUT2D eigenvalue weighted by atomic mass is 35.5. The Labute approximate surface area is 132 Å². The molecule has 1 atom stereocenters. The number of hydrogen-bond donors (Lipinski definition) is 1. The molecule has 0 unspecified atom stereocenters. The summed E-state index contributed by atoms with van der Waals surface area (Å²) in [5, 5.41) is 3.07. The fourth-order valence-electron chi connectivity index (χ4n) is 2.13. The molecule has 1 aromatic carbocycles. The van der Waals surface area contributed by atoms with Gasteiger partial charge in [0.05, 0.1) is 0 Å². The van der Waals surface area contributed by atoms with E-state index in [1.54, 1.807) is 6.92 Å². The number of sulfonamides is 1. The standard InChI is InChI=1S/C12H15F3N2O3S.ClH/c1-9-8-17(7-6-16-9)21(18,19)11-5-3-2-4-10(11)20-12(13,14)15;/h2-5,9,16H,6-8H2,1H3;1H/t9-;/m0./s1. The lowest BCUT2D eigenvalue weighted by Gasteiger charge is -2.31. The molecule has 0 spiro atoms. The summed E-state index contributed by atoms with van der Waals surface area (Å²) in [7, 11) is -4.03. The van der Waals surface area contributed by atoms with Crippen LogP contribution < -0.4 is 10.1 Å². The molecule has 1 N–H and O–H groups in total. The van der Waals surface area contributed by atoms with Crippen LogP contribution in [-0.4, -0.2) is 44.8 Å². The first-order valence-electron chi connectivity index (χ1n) is 6.28. The first-order valence-corrected chi connectivity index (χ1v) is 7.72. The van der Waals surface area contributed by atoms with Gasteiger partial charge in [0, 0.05) is 25.7 Å². The molecule has 1 saturated heterocycles. The number of benzene rings is 1. The summed E-state index contributed by atoms with van der Waals surface area (Å²) in [5.74, 6) is -0.712. The van der Waals surface area contributed by atoms with Gasteiger partial charge >= 0.3 is 6.36 Å². The minimum absolute atomic E-state index is 0. The van der Waals surface area contributed by atoms with E-state index in [0.717, 1.165) is 16.4 Å². The van der Waals surface area contributed by atoms with Gasteiger partial charge in [-0.1, -0.05) is 12.1 Å². The zero-order valence-electron chi connectivity index (χ0n) is 11.6. The van der Waals surface area contributed by atoms with Crippen molar-refractivity contribution in [2.45, 2.75) is 24.2 Å². The Bertz CT molecular complexity index is 610. The molecule has 2 rings (SSSR count). The monoisotopic (exact) mass is 360 g/mol. The molecule has 5 nitrogen and oxygen atoms in total. The lowest BCUT2D eigenvalue weighted by molar-refractivity contribution is -0.275. The first-order chi connectivity index (χ1) is 9.70. The molecule has 0 amide bonds. The van der Waals surface area contributed by atoms with Gasteiger partial charge in [0.25, 0.3) is 0 Å². The largest absolute Gasteiger partial charge is 0.573 e. The molecule has 1 aliphatic heterocycles. The summed E-state index contributed by atoms with van der Waals surface area (Å²) in [4.78, 5) is -0.476. The topological polar surface area (TPSA) is 58.6 Å². The molecule has 1 aliphatic rings. The first kappa shape index (κ1) is 19.0. The van der Waals surface area contributed by atoms with Gasteiger partial charge in [0.2, 0.25) is 10.0 Å². The van der Waals surface area contributed by atoms with E-state index in [4.69, 9.17) is 0 Å². The Kier molecular flexibility index (Phi) is 6.08. The highest BCUT2D eigenvalue weighted by Gasteiger charge is 2.36. The van der Waals surface area contributed by atoms with Crippen LogP contribution in [0.5, 0.6) is 5.75 Å². The number of para-hydroxylation sites is 1. The molecule has 0 saturated carbocycles.